The lowest BCUT2D eigenvalue weighted by Gasteiger charge is -2.33. The highest BCUT2D eigenvalue weighted by Crippen LogP contribution is 2.37. The van der Waals surface area contributed by atoms with Gasteiger partial charge >= 0.3 is 5.97 Å². The summed E-state index contributed by atoms with van der Waals surface area (Å²) in [5.41, 5.74) is 3.52. The summed E-state index contributed by atoms with van der Waals surface area (Å²) in [5, 5.41) is 11.7. The number of carbonyl (C=O) groups is 2. The van der Waals surface area contributed by atoms with Crippen molar-refractivity contribution in [2.45, 2.75) is 19.3 Å². The predicted octanol–water partition coefficient (Wildman–Crippen LogP) is 3.46. The van der Waals surface area contributed by atoms with Crippen LogP contribution in [0, 0.1) is 11.8 Å². The van der Waals surface area contributed by atoms with E-state index in [1.54, 1.807) is 6.33 Å². The summed E-state index contributed by atoms with van der Waals surface area (Å²) < 4.78 is 2.00. The Morgan fingerprint density at radius 1 is 1.15 bits per heavy atom. The lowest BCUT2D eigenvalue weighted by molar-refractivity contribution is -0.140. The summed E-state index contributed by atoms with van der Waals surface area (Å²) in [5.74, 6) is -0.828. The average Bonchev–Trinajstić information content (AvgIpc) is 3.01. The molecule has 1 fully saturated rings. The van der Waals surface area contributed by atoms with Crippen LogP contribution in [0.3, 0.4) is 0 Å². The molecule has 2 aromatic carbocycles. The maximum atomic E-state index is 12.3. The van der Waals surface area contributed by atoms with Crippen LogP contribution in [0.2, 0.25) is 0 Å². The second kappa shape index (κ2) is 6.63. The summed E-state index contributed by atoms with van der Waals surface area (Å²) in [6.07, 6.45) is 3.20. The van der Waals surface area contributed by atoms with Gasteiger partial charge in [0.1, 0.15) is 6.33 Å². The second-order valence-corrected chi connectivity index (χ2v) is 6.78. The third-order valence-corrected chi connectivity index (χ3v) is 4.92. The standard InChI is InChI=1S/C20H19N3O3/c24-19(25)10-13-8-14(9-13)20(26)22-15-6-7-18-17(11-15)21-12-23(18)16-4-2-1-3-5-16/h1-7,11-14H,8-10H2,(H,22,26)(H,24,25). The molecular formula is C20H19N3O3. The van der Waals surface area contributed by atoms with Crippen molar-refractivity contribution < 1.29 is 14.7 Å². The Kier molecular flexibility index (Phi) is 4.16. The quantitative estimate of drug-likeness (QED) is 0.739. The molecule has 1 heterocycles. The molecule has 0 atom stereocenters. The van der Waals surface area contributed by atoms with Crippen LogP contribution in [0.1, 0.15) is 19.3 Å². The summed E-state index contributed by atoms with van der Waals surface area (Å²) in [4.78, 5) is 27.4. The maximum absolute atomic E-state index is 12.3. The van der Waals surface area contributed by atoms with Crippen molar-refractivity contribution in [3.63, 3.8) is 0 Å². The van der Waals surface area contributed by atoms with Crippen LogP contribution in [0.15, 0.2) is 54.9 Å². The van der Waals surface area contributed by atoms with E-state index in [9.17, 15) is 9.59 Å². The van der Waals surface area contributed by atoms with Gasteiger partial charge < -0.3 is 10.4 Å². The van der Waals surface area contributed by atoms with Crippen molar-refractivity contribution in [3.05, 3.63) is 54.9 Å². The first-order valence-electron chi connectivity index (χ1n) is 8.65. The van der Waals surface area contributed by atoms with Crippen LogP contribution in [0.25, 0.3) is 16.7 Å². The van der Waals surface area contributed by atoms with Crippen LogP contribution in [-0.4, -0.2) is 26.5 Å². The zero-order chi connectivity index (χ0) is 18.1. The van der Waals surface area contributed by atoms with E-state index in [2.05, 4.69) is 10.3 Å². The fourth-order valence-corrected chi connectivity index (χ4v) is 3.49. The Labute approximate surface area is 150 Å². The molecule has 0 aliphatic heterocycles. The number of amides is 1. The number of aromatic nitrogens is 2. The molecule has 1 amide bonds. The van der Waals surface area contributed by atoms with Gasteiger partial charge in [0, 0.05) is 23.7 Å². The zero-order valence-electron chi connectivity index (χ0n) is 14.1. The van der Waals surface area contributed by atoms with Gasteiger partial charge in [-0.25, -0.2) is 4.98 Å². The highest BCUT2D eigenvalue weighted by Gasteiger charge is 2.35. The monoisotopic (exact) mass is 349 g/mol. The molecule has 4 rings (SSSR count). The van der Waals surface area contributed by atoms with E-state index >= 15 is 0 Å². The molecule has 0 saturated heterocycles. The minimum absolute atomic E-state index is 0.0477. The zero-order valence-corrected chi connectivity index (χ0v) is 14.1. The summed E-state index contributed by atoms with van der Waals surface area (Å²) in [7, 11) is 0. The Morgan fingerprint density at radius 2 is 1.92 bits per heavy atom. The number of hydrogen-bond donors (Lipinski definition) is 2. The van der Waals surface area contributed by atoms with Gasteiger partial charge in [-0.1, -0.05) is 18.2 Å². The molecule has 26 heavy (non-hydrogen) atoms. The Hall–Kier alpha value is -3.15. The lowest BCUT2D eigenvalue weighted by Crippen LogP contribution is -2.35. The number of rotatable bonds is 5. The Morgan fingerprint density at radius 3 is 2.65 bits per heavy atom. The van der Waals surface area contributed by atoms with Gasteiger partial charge in [0.05, 0.1) is 11.0 Å². The first kappa shape index (κ1) is 16.3. The fourth-order valence-electron chi connectivity index (χ4n) is 3.49. The molecule has 0 bridgehead atoms. The number of para-hydroxylation sites is 1. The van der Waals surface area contributed by atoms with E-state index in [1.165, 1.54) is 0 Å². The second-order valence-electron chi connectivity index (χ2n) is 6.78. The number of hydrogen-bond acceptors (Lipinski definition) is 3. The molecule has 6 heteroatoms. The fraction of sp³-hybridized carbons (Fsp3) is 0.250. The molecule has 0 unspecified atom stereocenters. The molecule has 2 N–H and O–H groups in total. The normalized spacial score (nSPS) is 19.1. The molecule has 1 saturated carbocycles. The third-order valence-electron chi connectivity index (χ3n) is 4.92. The van der Waals surface area contributed by atoms with Gasteiger partial charge in [-0.15, -0.1) is 0 Å². The third kappa shape index (κ3) is 3.18. The van der Waals surface area contributed by atoms with E-state index in [0.29, 0.717) is 18.5 Å². The average molecular weight is 349 g/mol. The number of carbonyl (C=O) groups excluding carboxylic acids is 1. The summed E-state index contributed by atoms with van der Waals surface area (Å²) >= 11 is 0. The Bertz CT molecular complexity index is 959. The minimum Gasteiger partial charge on any atom is -0.481 e. The number of carboxylic acids is 1. The predicted molar refractivity (Wildman–Crippen MR) is 98.2 cm³/mol. The van der Waals surface area contributed by atoms with Gasteiger partial charge in [0.25, 0.3) is 0 Å². The Balaban J connectivity index is 1.45. The molecule has 0 spiro atoms. The number of anilines is 1. The first-order valence-corrected chi connectivity index (χ1v) is 8.65. The van der Waals surface area contributed by atoms with Crippen LogP contribution in [0.4, 0.5) is 5.69 Å². The highest BCUT2D eigenvalue weighted by molar-refractivity contribution is 5.95. The van der Waals surface area contributed by atoms with E-state index < -0.39 is 5.97 Å². The first-order chi connectivity index (χ1) is 12.6. The van der Waals surface area contributed by atoms with Crippen molar-refractivity contribution in [1.82, 2.24) is 9.55 Å². The minimum atomic E-state index is -0.798. The lowest BCUT2D eigenvalue weighted by atomic mass is 9.73. The summed E-state index contributed by atoms with van der Waals surface area (Å²) in [6, 6.07) is 15.6. The number of benzene rings is 2. The number of imidazole rings is 1. The van der Waals surface area contributed by atoms with Gasteiger partial charge in [0.2, 0.25) is 5.91 Å². The highest BCUT2D eigenvalue weighted by atomic mass is 16.4. The molecule has 0 radical (unpaired) electrons. The number of nitrogens with zero attached hydrogens (tertiary/aromatic N) is 2. The van der Waals surface area contributed by atoms with Gasteiger partial charge in [0.15, 0.2) is 0 Å². The van der Waals surface area contributed by atoms with E-state index in [-0.39, 0.29) is 24.2 Å². The van der Waals surface area contributed by atoms with Crippen molar-refractivity contribution in [3.8, 4) is 5.69 Å². The van der Waals surface area contributed by atoms with Gasteiger partial charge in [-0.3, -0.25) is 14.2 Å². The van der Waals surface area contributed by atoms with Crippen LogP contribution in [0.5, 0.6) is 0 Å². The molecule has 1 aliphatic rings. The topological polar surface area (TPSA) is 84.2 Å². The van der Waals surface area contributed by atoms with Crippen molar-refractivity contribution in [1.29, 1.82) is 0 Å². The number of nitrogens with one attached hydrogen (secondary N) is 1. The SMILES string of the molecule is O=C(O)CC1CC(C(=O)Nc2ccc3c(c2)ncn3-c2ccccc2)C1. The summed E-state index contributed by atoms with van der Waals surface area (Å²) in [6.45, 7) is 0. The molecule has 3 aromatic rings. The molecule has 1 aromatic heterocycles. The largest absolute Gasteiger partial charge is 0.481 e. The number of fused-ring (bicyclic) bond motifs is 1. The van der Waals surface area contributed by atoms with Crippen molar-refractivity contribution in [2.75, 3.05) is 5.32 Å². The molecular weight excluding hydrogens is 330 g/mol. The van der Waals surface area contributed by atoms with Crippen LogP contribution in [-0.2, 0) is 9.59 Å². The van der Waals surface area contributed by atoms with Gasteiger partial charge in [-0.2, -0.15) is 0 Å². The smallest absolute Gasteiger partial charge is 0.303 e. The van der Waals surface area contributed by atoms with Gasteiger partial charge in [-0.05, 0) is 49.1 Å². The number of carboxylic acid groups (broad SMARTS) is 1. The molecule has 6 nitrogen and oxygen atoms in total. The van der Waals surface area contributed by atoms with Crippen molar-refractivity contribution in [2.24, 2.45) is 11.8 Å². The van der Waals surface area contributed by atoms with E-state index in [4.69, 9.17) is 5.11 Å². The molecule has 132 valence electrons. The van der Waals surface area contributed by atoms with Crippen LogP contribution < -0.4 is 5.32 Å². The number of aliphatic carboxylic acids is 1. The maximum Gasteiger partial charge on any atom is 0.303 e. The van der Waals surface area contributed by atoms with E-state index in [0.717, 1.165) is 16.7 Å². The van der Waals surface area contributed by atoms with E-state index in [1.807, 2.05) is 53.1 Å². The molecule has 1 aliphatic carbocycles. The van der Waals surface area contributed by atoms with Crippen molar-refractivity contribution >= 4 is 28.6 Å². The van der Waals surface area contributed by atoms with Crippen LogP contribution >= 0.6 is 0 Å².